The predicted molar refractivity (Wildman–Crippen MR) is 78.1 cm³/mol. The fraction of sp³-hybridized carbons (Fsp3) is 0.188. The van der Waals surface area contributed by atoms with Crippen molar-refractivity contribution >= 4 is 11.7 Å². The Morgan fingerprint density at radius 3 is 2.45 bits per heavy atom. The quantitative estimate of drug-likeness (QED) is 0.905. The lowest BCUT2D eigenvalue weighted by atomic mass is 10.2. The second-order valence-corrected chi connectivity index (χ2v) is 4.74. The van der Waals surface area contributed by atoms with Crippen molar-refractivity contribution in [3.8, 4) is 0 Å². The van der Waals surface area contributed by atoms with Crippen molar-refractivity contribution in [3.63, 3.8) is 0 Å². The maximum atomic E-state index is 13.5. The van der Waals surface area contributed by atoms with E-state index in [9.17, 15) is 9.18 Å². The van der Waals surface area contributed by atoms with Gasteiger partial charge in [0, 0.05) is 24.8 Å². The molecule has 0 aliphatic rings. The summed E-state index contributed by atoms with van der Waals surface area (Å²) >= 11 is 0. The number of hydrogen-bond acceptors (Lipinski definition) is 1. The Balaban J connectivity index is 1.99. The molecule has 2 rings (SSSR count). The molecule has 0 radical (unpaired) electrons. The van der Waals surface area contributed by atoms with E-state index < -0.39 is 0 Å². The monoisotopic (exact) mass is 272 g/mol. The molecule has 0 spiro atoms. The Hall–Kier alpha value is -2.36. The molecule has 104 valence electrons. The van der Waals surface area contributed by atoms with E-state index in [2.05, 4.69) is 5.32 Å². The molecule has 0 saturated heterocycles. The number of benzene rings is 2. The average Bonchev–Trinajstić information content (AvgIpc) is 2.44. The van der Waals surface area contributed by atoms with Crippen LogP contribution in [0.3, 0.4) is 0 Å². The Kier molecular flexibility index (Phi) is 4.35. The van der Waals surface area contributed by atoms with Crippen LogP contribution in [-0.2, 0) is 6.54 Å². The van der Waals surface area contributed by atoms with Gasteiger partial charge in [-0.05, 0) is 25.1 Å². The Labute approximate surface area is 118 Å². The minimum atomic E-state index is -0.303. The summed E-state index contributed by atoms with van der Waals surface area (Å²) in [6.07, 6.45) is 0. The van der Waals surface area contributed by atoms with Crippen molar-refractivity contribution in [3.05, 3.63) is 65.5 Å². The molecular formula is C16H17FN2O. The highest BCUT2D eigenvalue weighted by Crippen LogP contribution is 2.12. The zero-order valence-electron chi connectivity index (χ0n) is 11.6. The molecule has 4 heteroatoms. The van der Waals surface area contributed by atoms with Crippen LogP contribution in [0, 0.1) is 12.7 Å². The zero-order valence-corrected chi connectivity index (χ0v) is 11.6. The van der Waals surface area contributed by atoms with Gasteiger partial charge in [-0.3, -0.25) is 0 Å². The third-order valence-electron chi connectivity index (χ3n) is 3.01. The van der Waals surface area contributed by atoms with Crippen molar-refractivity contribution in [1.29, 1.82) is 0 Å². The van der Waals surface area contributed by atoms with Gasteiger partial charge in [-0.1, -0.05) is 35.9 Å². The molecule has 1 N–H and O–H groups in total. The van der Waals surface area contributed by atoms with Gasteiger partial charge >= 0.3 is 6.03 Å². The summed E-state index contributed by atoms with van der Waals surface area (Å²) in [5.41, 5.74) is 2.35. The number of aryl methyl sites for hydroxylation is 1. The number of hydrogen-bond donors (Lipinski definition) is 1. The molecule has 2 aromatic carbocycles. The average molecular weight is 272 g/mol. The minimum Gasteiger partial charge on any atom is -0.323 e. The van der Waals surface area contributed by atoms with Gasteiger partial charge in [0.2, 0.25) is 0 Å². The molecular weight excluding hydrogens is 255 g/mol. The molecule has 0 saturated carbocycles. The number of carbonyl (C=O) groups is 1. The highest BCUT2D eigenvalue weighted by atomic mass is 19.1. The zero-order chi connectivity index (χ0) is 14.5. The Bertz CT molecular complexity index is 596. The third-order valence-corrected chi connectivity index (χ3v) is 3.01. The topological polar surface area (TPSA) is 32.3 Å². The Morgan fingerprint density at radius 1 is 1.15 bits per heavy atom. The fourth-order valence-electron chi connectivity index (χ4n) is 1.81. The van der Waals surface area contributed by atoms with Gasteiger partial charge < -0.3 is 10.2 Å². The maximum Gasteiger partial charge on any atom is 0.321 e. The lowest BCUT2D eigenvalue weighted by Crippen LogP contribution is -2.31. The van der Waals surface area contributed by atoms with E-state index in [1.165, 1.54) is 11.0 Å². The minimum absolute atomic E-state index is 0.227. The predicted octanol–water partition coefficient (Wildman–Crippen LogP) is 3.80. The molecule has 0 fully saturated rings. The van der Waals surface area contributed by atoms with Gasteiger partial charge in [0.1, 0.15) is 5.82 Å². The first kappa shape index (κ1) is 14.1. The summed E-state index contributed by atoms with van der Waals surface area (Å²) in [7, 11) is 1.63. The molecule has 0 aliphatic heterocycles. The van der Waals surface area contributed by atoms with Crippen molar-refractivity contribution in [2.75, 3.05) is 12.4 Å². The first-order valence-electron chi connectivity index (χ1n) is 6.38. The molecule has 2 aromatic rings. The third kappa shape index (κ3) is 3.57. The normalized spacial score (nSPS) is 10.2. The number of anilines is 1. The smallest absolute Gasteiger partial charge is 0.321 e. The van der Waals surface area contributed by atoms with Gasteiger partial charge in [-0.15, -0.1) is 0 Å². The molecule has 0 unspecified atom stereocenters. The molecule has 3 nitrogen and oxygen atoms in total. The molecule has 0 atom stereocenters. The standard InChI is InChI=1S/C16H17FN2O/c1-12-7-9-14(10-8-12)18-16(20)19(2)11-13-5-3-4-6-15(13)17/h3-10H,11H2,1-2H3,(H,18,20). The van der Waals surface area contributed by atoms with Crippen LogP contribution in [0.25, 0.3) is 0 Å². The summed E-state index contributed by atoms with van der Waals surface area (Å²) in [6.45, 7) is 2.21. The van der Waals surface area contributed by atoms with Crippen LogP contribution >= 0.6 is 0 Å². The van der Waals surface area contributed by atoms with Gasteiger partial charge in [-0.25, -0.2) is 9.18 Å². The van der Waals surface area contributed by atoms with E-state index >= 15 is 0 Å². The van der Waals surface area contributed by atoms with E-state index in [-0.39, 0.29) is 18.4 Å². The van der Waals surface area contributed by atoms with Crippen LogP contribution < -0.4 is 5.32 Å². The van der Waals surface area contributed by atoms with E-state index in [0.717, 1.165) is 11.3 Å². The second-order valence-electron chi connectivity index (χ2n) is 4.74. The fourth-order valence-corrected chi connectivity index (χ4v) is 1.81. The molecule has 0 bridgehead atoms. The number of nitrogens with zero attached hydrogens (tertiary/aromatic N) is 1. The van der Waals surface area contributed by atoms with Gasteiger partial charge in [0.05, 0.1) is 0 Å². The van der Waals surface area contributed by atoms with Gasteiger partial charge in [0.15, 0.2) is 0 Å². The van der Waals surface area contributed by atoms with Crippen LogP contribution in [0.15, 0.2) is 48.5 Å². The molecule has 0 heterocycles. The molecule has 20 heavy (non-hydrogen) atoms. The number of urea groups is 1. The SMILES string of the molecule is Cc1ccc(NC(=O)N(C)Cc2ccccc2F)cc1. The van der Waals surface area contributed by atoms with E-state index in [0.29, 0.717) is 5.56 Å². The van der Waals surface area contributed by atoms with E-state index in [4.69, 9.17) is 0 Å². The highest BCUT2D eigenvalue weighted by Gasteiger charge is 2.11. The highest BCUT2D eigenvalue weighted by molar-refractivity contribution is 5.89. The van der Waals surface area contributed by atoms with Crippen LogP contribution in [0.2, 0.25) is 0 Å². The Morgan fingerprint density at radius 2 is 1.80 bits per heavy atom. The summed E-state index contributed by atoms with van der Waals surface area (Å²) in [4.78, 5) is 13.4. The van der Waals surface area contributed by atoms with Crippen LogP contribution in [0.5, 0.6) is 0 Å². The van der Waals surface area contributed by atoms with Crippen molar-refractivity contribution in [1.82, 2.24) is 4.90 Å². The van der Waals surface area contributed by atoms with Crippen molar-refractivity contribution in [2.45, 2.75) is 13.5 Å². The second kappa shape index (κ2) is 6.19. The summed E-state index contributed by atoms with van der Waals surface area (Å²) in [5, 5.41) is 2.77. The van der Waals surface area contributed by atoms with E-state index in [1.54, 1.807) is 25.2 Å². The summed E-state index contributed by atoms with van der Waals surface area (Å²) in [6, 6.07) is 13.7. The lowest BCUT2D eigenvalue weighted by Gasteiger charge is -2.18. The number of carbonyl (C=O) groups excluding carboxylic acids is 1. The summed E-state index contributed by atoms with van der Waals surface area (Å²) in [5.74, 6) is -0.303. The first-order chi connectivity index (χ1) is 9.56. The van der Waals surface area contributed by atoms with Crippen LogP contribution in [-0.4, -0.2) is 18.0 Å². The van der Waals surface area contributed by atoms with Crippen LogP contribution in [0.4, 0.5) is 14.9 Å². The number of halogens is 1. The first-order valence-corrected chi connectivity index (χ1v) is 6.38. The largest absolute Gasteiger partial charge is 0.323 e. The van der Waals surface area contributed by atoms with E-state index in [1.807, 2.05) is 31.2 Å². The molecule has 2 amide bonds. The summed E-state index contributed by atoms with van der Waals surface area (Å²) < 4.78 is 13.5. The molecule has 0 aromatic heterocycles. The number of nitrogens with one attached hydrogen (secondary N) is 1. The maximum absolute atomic E-state index is 13.5. The molecule has 0 aliphatic carbocycles. The van der Waals surface area contributed by atoms with Gasteiger partial charge in [0.25, 0.3) is 0 Å². The van der Waals surface area contributed by atoms with Crippen LogP contribution in [0.1, 0.15) is 11.1 Å². The number of rotatable bonds is 3. The van der Waals surface area contributed by atoms with Crippen molar-refractivity contribution < 1.29 is 9.18 Å². The number of amides is 2. The van der Waals surface area contributed by atoms with Crippen molar-refractivity contribution in [2.24, 2.45) is 0 Å². The lowest BCUT2D eigenvalue weighted by molar-refractivity contribution is 0.220. The van der Waals surface area contributed by atoms with Gasteiger partial charge in [-0.2, -0.15) is 0 Å².